The molecule has 0 spiro atoms. The van der Waals surface area contributed by atoms with E-state index >= 15 is 0 Å². The van der Waals surface area contributed by atoms with E-state index in [1.807, 2.05) is 51.1 Å². The molecule has 4 nitrogen and oxygen atoms in total. The van der Waals surface area contributed by atoms with E-state index in [1.165, 1.54) is 0 Å². The van der Waals surface area contributed by atoms with Gasteiger partial charge >= 0.3 is 6.09 Å². The van der Waals surface area contributed by atoms with Crippen LogP contribution in [0.5, 0.6) is 0 Å². The number of alkyl carbamates (subject to hydrolysis) is 1. The van der Waals surface area contributed by atoms with E-state index in [4.69, 9.17) is 10.5 Å². The van der Waals surface area contributed by atoms with Crippen molar-refractivity contribution in [1.82, 2.24) is 5.32 Å². The fourth-order valence-electron chi connectivity index (χ4n) is 2.83. The van der Waals surface area contributed by atoms with Gasteiger partial charge < -0.3 is 15.8 Å². The third-order valence-electron chi connectivity index (χ3n) is 4.19. The average molecular weight is 290 g/mol. The van der Waals surface area contributed by atoms with Gasteiger partial charge in [-0.25, -0.2) is 4.79 Å². The second-order valence-electron chi connectivity index (χ2n) is 7.41. The number of amides is 1. The van der Waals surface area contributed by atoms with Crippen molar-refractivity contribution < 1.29 is 9.53 Å². The molecule has 4 heteroatoms. The molecule has 1 aromatic rings. The van der Waals surface area contributed by atoms with Crippen LogP contribution in [0, 0.1) is 11.3 Å². The molecule has 0 bridgehead atoms. The second-order valence-corrected chi connectivity index (χ2v) is 7.41. The third-order valence-corrected chi connectivity index (χ3v) is 4.19. The zero-order valence-corrected chi connectivity index (χ0v) is 13.5. The van der Waals surface area contributed by atoms with Gasteiger partial charge in [-0.2, -0.15) is 0 Å². The van der Waals surface area contributed by atoms with Gasteiger partial charge in [0.15, 0.2) is 0 Å². The Morgan fingerprint density at radius 3 is 2.24 bits per heavy atom. The van der Waals surface area contributed by atoms with Crippen molar-refractivity contribution in [2.45, 2.75) is 52.3 Å². The first-order valence-electron chi connectivity index (χ1n) is 7.43. The minimum atomic E-state index is -0.507. The highest BCUT2D eigenvalue weighted by atomic mass is 16.6. The first-order chi connectivity index (χ1) is 9.63. The zero-order chi connectivity index (χ0) is 15.8. The SMILES string of the molecule is CC(C)(C)OC(=O)NC(c1ccccc1)C1C(N)C1(C)C. The van der Waals surface area contributed by atoms with Crippen LogP contribution in [0.1, 0.15) is 46.2 Å². The van der Waals surface area contributed by atoms with Crippen molar-refractivity contribution >= 4 is 6.09 Å². The lowest BCUT2D eigenvalue weighted by atomic mass is 9.97. The van der Waals surface area contributed by atoms with Gasteiger partial charge in [0.25, 0.3) is 0 Å². The van der Waals surface area contributed by atoms with Crippen molar-refractivity contribution in [2.24, 2.45) is 17.1 Å². The molecule has 0 heterocycles. The van der Waals surface area contributed by atoms with Crippen LogP contribution in [-0.2, 0) is 4.74 Å². The summed E-state index contributed by atoms with van der Waals surface area (Å²) in [5.74, 6) is 0.215. The van der Waals surface area contributed by atoms with Crippen molar-refractivity contribution in [3.63, 3.8) is 0 Å². The number of ether oxygens (including phenoxy) is 1. The van der Waals surface area contributed by atoms with Gasteiger partial charge in [-0.05, 0) is 31.7 Å². The minimum Gasteiger partial charge on any atom is -0.444 e. The quantitative estimate of drug-likeness (QED) is 0.898. The van der Waals surface area contributed by atoms with Crippen molar-refractivity contribution in [2.75, 3.05) is 0 Å². The highest BCUT2D eigenvalue weighted by molar-refractivity contribution is 5.68. The molecule has 21 heavy (non-hydrogen) atoms. The van der Waals surface area contributed by atoms with E-state index in [2.05, 4.69) is 19.2 Å². The van der Waals surface area contributed by atoms with E-state index in [9.17, 15) is 4.79 Å². The van der Waals surface area contributed by atoms with E-state index in [0.29, 0.717) is 0 Å². The molecule has 1 aromatic carbocycles. The van der Waals surface area contributed by atoms with Gasteiger partial charge in [-0.3, -0.25) is 0 Å². The fourth-order valence-corrected chi connectivity index (χ4v) is 2.83. The molecular weight excluding hydrogens is 264 g/mol. The molecule has 2 rings (SSSR count). The summed E-state index contributed by atoms with van der Waals surface area (Å²) in [7, 11) is 0. The zero-order valence-electron chi connectivity index (χ0n) is 13.5. The van der Waals surface area contributed by atoms with Gasteiger partial charge in [-0.15, -0.1) is 0 Å². The normalized spacial score (nSPS) is 25.0. The molecule has 116 valence electrons. The van der Waals surface area contributed by atoms with Crippen LogP contribution in [0.15, 0.2) is 30.3 Å². The first kappa shape index (κ1) is 15.8. The van der Waals surface area contributed by atoms with Crippen LogP contribution in [-0.4, -0.2) is 17.7 Å². The second kappa shape index (κ2) is 5.34. The van der Waals surface area contributed by atoms with Crippen LogP contribution in [0.3, 0.4) is 0 Å². The Kier molecular flexibility index (Phi) is 4.02. The summed E-state index contributed by atoms with van der Waals surface area (Å²) in [6, 6.07) is 9.90. The Bertz CT molecular complexity index is 505. The summed E-state index contributed by atoms with van der Waals surface area (Å²) < 4.78 is 5.38. The molecule has 0 aromatic heterocycles. The van der Waals surface area contributed by atoms with Gasteiger partial charge in [0, 0.05) is 12.0 Å². The van der Waals surface area contributed by atoms with Crippen LogP contribution in [0.2, 0.25) is 0 Å². The molecular formula is C17H26N2O2. The fraction of sp³-hybridized carbons (Fsp3) is 0.588. The van der Waals surface area contributed by atoms with E-state index in [0.717, 1.165) is 5.56 Å². The number of nitrogens with two attached hydrogens (primary N) is 1. The number of benzene rings is 1. The number of hydrogen-bond donors (Lipinski definition) is 2. The van der Waals surface area contributed by atoms with Crippen LogP contribution < -0.4 is 11.1 Å². The lowest BCUT2D eigenvalue weighted by Crippen LogP contribution is -2.36. The summed E-state index contributed by atoms with van der Waals surface area (Å²) in [4.78, 5) is 12.1. The highest BCUT2D eigenvalue weighted by Crippen LogP contribution is 2.56. The Morgan fingerprint density at radius 2 is 1.81 bits per heavy atom. The maximum absolute atomic E-state index is 12.1. The molecule has 0 aliphatic heterocycles. The molecule has 1 aliphatic rings. The van der Waals surface area contributed by atoms with E-state index < -0.39 is 11.7 Å². The summed E-state index contributed by atoms with van der Waals surface area (Å²) in [6.45, 7) is 9.84. The number of nitrogens with one attached hydrogen (secondary N) is 1. The third kappa shape index (κ3) is 3.56. The summed E-state index contributed by atoms with van der Waals surface area (Å²) in [5.41, 5.74) is 6.77. The van der Waals surface area contributed by atoms with E-state index in [-0.39, 0.29) is 23.4 Å². The van der Waals surface area contributed by atoms with E-state index in [1.54, 1.807) is 0 Å². The van der Waals surface area contributed by atoms with Crippen molar-refractivity contribution in [3.05, 3.63) is 35.9 Å². The molecule has 0 saturated heterocycles. The topological polar surface area (TPSA) is 64.3 Å². The molecule has 1 aliphatic carbocycles. The Hall–Kier alpha value is -1.55. The monoisotopic (exact) mass is 290 g/mol. The molecule has 3 unspecified atom stereocenters. The lowest BCUT2D eigenvalue weighted by Gasteiger charge is -2.25. The number of hydrogen-bond acceptors (Lipinski definition) is 3. The van der Waals surface area contributed by atoms with Gasteiger partial charge in [0.2, 0.25) is 0 Å². The molecule has 0 radical (unpaired) electrons. The summed E-state index contributed by atoms with van der Waals surface area (Å²) in [5, 5.41) is 3.00. The standard InChI is InChI=1S/C17H26N2O2/c1-16(2,3)21-15(20)19-13(11-9-7-6-8-10-11)12-14(18)17(12,4)5/h6-10,12-14H,18H2,1-5H3,(H,19,20). The van der Waals surface area contributed by atoms with Crippen LogP contribution in [0.4, 0.5) is 4.79 Å². The Labute approximate surface area is 127 Å². The van der Waals surface area contributed by atoms with Gasteiger partial charge in [0.1, 0.15) is 5.60 Å². The number of carbonyl (C=O) groups excluding carboxylic acids is 1. The summed E-state index contributed by atoms with van der Waals surface area (Å²) >= 11 is 0. The minimum absolute atomic E-state index is 0.0233. The summed E-state index contributed by atoms with van der Waals surface area (Å²) in [6.07, 6.45) is -0.397. The maximum atomic E-state index is 12.1. The molecule has 1 fully saturated rings. The molecule has 1 saturated carbocycles. The lowest BCUT2D eigenvalue weighted by molar-refractivity contribution is 0.0493. The largest absolute Gasteiger partial charge is 0.444 e. The first-order valence-corrected chi connectivity index (χ1v) is 7.43. The van der Waals surface area contributed by atoms with Crippen molar-refractivity contribution in [3.8, 4) is 0 Å². The molecule has 1 amide bonds. The Balaban J connectivity index is 2.17. The molecule has 3 N–H and O–H groups in total. The number of rotatable bonds is 3. The predicted molar refractivity (Wildman–Crippen MR) is 83.8 cm³/mol. The average Bonchev–Trinajstić information content (AvgIpc) is 2.84. The van der Waals surface area contributed by atoms with Crippen LogP contribution >= 0.6 is 0 Å². The highest BCUT2D eigenvalue weighted by Gasteiger charge is 2.59. The van der Waals surface area contributed by atoms with Crippen LogP contribution in [0.25, 0.3) is 0 Å². The van der Waals surface area contributed by atoms with Gasteiger partial charge in [-0.1, -0.05) is 44.2 Å². The van der Waals surface area contributed by atoms with Crippen molar-refractivity contribution in [1.29, 1.82) is 0 Å². The Morgan fingerprint density at radius 1 is 1.29 bits per heavy atom. The smallest absolute Gasteiger partial charge is 0.408 e. The predicted octanol–water partition coefficient (Wildman–Crippen LogP) is 3.24. The maximum Gasteiger partial charge on any atom is 0.408 e. The number of carbonyl (C=O) groups is 1. The van der Waals surface area contributed by atoms with Gasteiger partial charge in [0.05, 0.1) is 6.04 Å². The molecule has 3 atom stereocenters.